The fourth-order valence-electron chi connectivity index (χ4n) is 6.06. The highest BCUT2D eigenvalue weighted by atomic mass is 19.1. The molecular formula is C26H36FN3O5. The number of nitrogens with zero attached hydrogens (tertiary/aromatic N) is 3. The van der Waals surface area contributed by atoms with Crippen molar-refractivity contribution in [1.82, 2.24) is 9.80 Å². The predicted octanol–water partition coefficient (Wildman–Crippen LogP) is 3.92. The number of amides is 2. The van der Waals surface area contributed by atoms with Crippen LogP contribution in [0.15, 0.2) is 18.2 Å². The van der Waals surface area contributed by atoms with Gasteiger partial charge in [0.2, 0.25) is 0 Å². The van der Waals surface area contributed by atoms with E-state index >= 15 is 0 Å². The molecule has 4 heterocycles. The normalized spacial score (nSPS) is 24.6. The van der Waals surface area contributed by atoms with Gasteiger partial charge in [0.15, 0.2) is 0 Å². The van der Waals surface area contributed by atoms with Crippen LogP contribution >= 0.6 is 0 Å². The second-order valence-corrected chi connectivity index (χ2v) is 10.3. The molecule has 1 spiro atoms. The molecule has 9 heteroatoms. The van der Waals surface area contributed by atoms with Gasteiger partial charge in [-0.1, -0.05) is 6.92 Å². The van der Waals surface area contributed by atoms with E-state index in [0.717, 1.165) is 56.4 Å². The molecule has 0 saturated carbocycles. The Morgan fingerprint density at radius 1 is 1.11 bits per heavy atom. The molecular weight excluding hydrogens is 453 g/mol. The van der Waals surface area contributed by atoms with Gasteiger partial charge in [-0.3, -0.25) is 4.90 Å². The molecule has 0 aromatic heterocycles. The predicted molar refractivity (Wildman–Crippen MR) is 128 cm³/mol. The first kappa shape index (κ1) is 24.3. The van der Waals surface area contributed by atoms with Crippen LogP contribution in [0.2, 0.25) is 0 Å². The van der Waals surface area contributed by atoms with E-state index in [1.807, 2.05) is 11.8 Å². The van der Waals surface area contributed by atoms with Gasteiger partial charge in [-0.25, -0.2) is 14.0 Å². The maximum Gasteiger partial charge on any atom is 0.414 e. The van der Waals surface area contributed by atoms with E-state index in [0.29, 0.717) is 51.9 Å². The Morgan fingerprint density at radius 2 is 1.89 bits per heavy atom. The van der Waals surface area contributed by atoms with Crippen molar-refractivity contribution in [3.05, 3.63) is 29.6 Å². The summed E-state index contributed by atoms with van der Waals surface area (Å²) >= 11 is 0. The molecule has 3 saturated heterocycles. The van der Waals surface area contributed by atoms with E-state index in [1.165, 1.54) is 6.07 Å². The summed E-state index contributed by atoms with van der Waals surface area (Å²) in [7, 11) is 0. The topological polar surface area (TPSA) is 71.6 Å². The summed E-state index contributed by atoms with van der Waals surface area (Å²) in [5, 5.41) is 0. The van der Waals surface area contributed by atoms with Crippen molar-refractivity contribution in [2.45, 2.75) is 63.0 Å². The van der Waals surface area contributed by atoms with Crippen LogP contribution in [0.1, 0.15) is 51.0 Å². The molecule has 1 aromatic rings. The molecule has 3 fully saturated rings. The molecule has 0 N–H and O–H groups in total. The van der Waals surface area contributed by atoms with Gasteiger partial charge in [-0.2, -0.15) is 0 Å². The molecule has 0 unspecified atom stereocenters. The zero-order chi connectivity index (χ0) is 24.4. The smallest absolute Gasteiger partial charge is 0.414 e. The highest BCUT2D eigenvalue weighted by molar-refractivity contribution is 5.91. The Hall–Kier alpha value is -2.39. The zero-order valence-corrected chi connectivity index (χ0v) is 20.5. The Morgan fingerprint density at radius 3 is 2.57 bits per heavy atom. The lowest BCUT2D eigenvalue weighted by Crippen LogP contribution is -2.52. The van der Waals surface area contributed by atoms with Crippen LogP contribution in [-0.2, 0) is 19.6 Å². The first-order valence-electron chi connectivity index (χ1n) is 13.0. The molecule has 0 radical (unpaired) electrons. The van der Waals surface area contributed by atoms with Crippen LogP contribution in [0.3, 0.4) is 0 Å². The number of carbonyl (C=O) groups excluding carboxylic acids is 2. The third-order valence-corrected chi connectivity index (χ3v) is 8.08. The summed E-state index contributed by atoms with van der Waals surface area (Å²) < 4.78 is 30.6. The van der Waals surface area contributed by atoms with Crippen LogP contribution in [0, 0.1) is 5.82 Å². The van der Waals surface area contributed by atoms with E-state index in [-0.39, 0.29) is 29.5 Å². The first-order valence-corrected chi connectivity index (χ1v) is 13.0. The van der Waals surface area contributed by atoms with Crippen LogP contribution in [-0.4, -0.2) is 86.7 Å². The first-order chi connectivity index (χ1) is 17.0. The summed E-state index contributed by atoms with van der Waals surface area (Å²) in [6, 6.07) is 5.17. The highest BCUT2D eigenvalue weighted by Gasteiger charge is 2.48. The van der Waals surface area contributed by atoms with Gasteiger partial charge in [0.1, 0.15) is 11.9 Å². The van der Waals surface area contributed by atoms with E-state index in [1.54, 1.807) is 17.0 Å². The fourth-order valence-corrected chi connectivity index (χ4v) is 6.06. The maximum absolute atomic E-state index is 14.3. The van der Waals surface area contributed by atoms with Gasteiger partial charge < -0.3 is 24.0 Å². The standard InChI is InChI=1S/C26H36FN3O5/c1-2-14-34-24(31)29-10-5-20(6-11-29)28-12-8-26(9-13-28)18-30(23-4-3-19(27)16-22(23)26)25(32)35-21-7-15-33-17-21/h3-4,16,20-21H,2,5-15,17-18H2,1H3/t21-/m0/s1. The number of hydrogen-bond donors (Lipinski definition) is 0. The molecule has 0 bridgehead atoms. The van der Waals surface area contributed by atoms with Crippen molar-refractivity contribution in [2.75, 3.05) is 57.4 Å². The summed E-state index contributed by atoms with van der Waals surface area (Å²) in [4.78, 5) is 31.2. The average Bonchev–Trinajstić information content (AvgIpc) is 3.49. The minimum atomic E-state index is -0.366. The number of carbonyl (C=O) groups is 2. The fraction of sp³-hybridized carbons (Fsp3) is 0.692. The second kappa shape index (κ2) is 10.3. The molecule has 8 nitrogen and oxygen atoms in total. The Bertz CT molecular complexity index is 922. The van der Waals surface area contributed by atoms with Gasteiger partial charge in [-0.05, 0) is 69.0 Å². The largest absolute Gasteiger partial charge is 0.449 e. The molecule has 192 valence electrons. The van der Waals surface area contributed by atoms with Crippen molar-refractivity contribution in [1.29, 1.82) is 0 Å². The SMILES string of the molecule is CCCOC(=O)N1CCC(N2CCC3(CC2)CN(C(=O)O[C@H]2CCOC2)c2ccc(F)cc23)CC1. The Balaban J connectivity index is 1.21. The van der Waals surface area contributed by atoms with Crippen LogP contribution < -0.4 is 4.90 Å². The van der Waals surface area contributed by atoms with Crippen molar-refractivity contribution in [3.8, 4) is 0 Å². The molecule has 2 amide bonds. The third kappa shape index (κ3) is 4.98. The van der Waals surface area contributed by atoms with Crippen LogP contribution in [0.4, 0.5) is 19.7 Å². The van der Waals surface area contributed by atoms with E-state index < -0.39 is 0 Å². The van der Waals surface area contributed by atoms with Crippen molar-refractivity contribution < 1.29 is 28.2 Å². The van der Waals surface area contributed by atoms with E-state index in [9.17, 15) is 14.0 Å². The van der Waals surface area contributed by atoms with E-state index in [4.69, 9.17) is 14.2 Å². The van der Waals surface area contributed by atoms with Gasteiger partial charge >= 0.3 is 12.2 Å². The lowest BCUT2D eigenvalue weighted by molar-refractivity contribution is 0.0555. The summed E-state index contributed by atoms with van der Waals surface area (Å²) in [6.07, 6.45) is 4.34. The van der Waals surface area contributed by atoms with E-state index in [2.05, 4.69) is 4.90 Å². The molecule has 5 rings (SSSR count). The number of hydrogen-bond acceptors (Lipinski definition) is 6. The zero-order valence-electron chi connectivity index (χ0n) is 20.5. The molecule has 35 heavy (non-hydrogen) atoms. The molecule has 1 aromatic carbocycles. The molecule has 4 aliphatic rings. The van der Waals surface area contributed by atoms with Crippen molar-refractivity contribution >= 4 is 17.9 Å². The lowest BCUT2D eigenvalue weighted by Gasteiger charge is -2.45. The van der Waals surface area contributed by atoms with Gasteiger partial charge in [0.05, 0.1) is 25.5 Å². The monoisotopic (exact) mass is 489 g/mol. The summed E-state index contributed by atoms with van der Waals surface area (Å²) in [5.74, 6) is -0.271. The number of halogens is 1. The van der Waals surface area contributed by atoms with Crippen molar-refractivity contribution in [3.63, 3.8) is 0 Å². The molecule has 0 aliphatic carbocycles. The molecule has 1 atom stereocenters. The number of benzene rings is 1. The lowest BCUT2D eigenvalue weighted by atomic mass is 9.74. The third-order valence-electron chi connectivity index (χ3n) is 8.08. The number of ether oxygens (including phenoxy) is 3. The number of piperidine rings is 2. The Kier molecular flexibility index (Phi) is 7.16. The van der Waals surface area contributed by atoms with Gasteiger partial charge in [0.25, 0.3) is 0 Å². The Labute approximate surface area is 206 Å². The summed E-state index contributed by atoms with van der Waals surface area (Å²) in [5.41, 5.74) is 1.43. The minimum Gasteiger partial charge on any atom is -0.449 e. The maximum atomic E-state index is 14.3. The van der Waals surface area contributed by atoms with Crippen molar-refractivity contribution in [2.24, 2.45) is 0 Å². The molecule has 4 aliphatic heterocycles. The van der Waals surface area contributed by atoms with Gasteiger partial charge in [0, 0.05) is 37.5 Å². The second-order valence-electron chi connectivity index (χ2n) is 10.3. The average molecular weight is 490 g/mol. The van der Waals surface area contributed by atoms with Gasteiger partial charge in [-0.15, -0.1) is 0 Å². The number of likely N-dealkylation sites (tertiary alicyclic amines) is 2. The quantitative estimate of drug-likeness (QED) is 0.639. The summed E-state index contributed by atoms with van der Waals surface area (Å²) in [6.45, 7) is 7.24. The van der Waals surface area contributed by atoms with Crippen LogP contribution in [0.25, 0.3) is 0 Å². The number of anilines is 1. The van der Waals surface area contributed by atoms with Crippen LogP contribution in [0.5, 0.6) is 0 Å². The number of rotatable bonds is 4. The minimum absolute atomic E-state index is 0.205. The highest BCUT2D eigenvalue weighted by Crippen LogP contribution is 2.48. The number of fused-ring (bicyclic) bond motifs is 2.